The number of hydrogen-bond donors (Lipinski definition) is 0. The molecule has 1 fully saturated rings. The first-order chi connectivity index (χ1) is 17.8. The Morgan fingerprint density at radius 1 is 0.722 bits per heavy atom. The molecule has 0 amide bonds. The molecule has 1 heterocycles. The summed E-state index contributed by atoms with van der Waals surface area (Å²) in [4.78, 5) is 6.29. The van der Waals surface area contributed by atoms with Gasteiger partial charge in [-0.05, 0) is 53.1 Å². The van der Waals surface area contributed by atoms with Crippen molar-refractivity contribution in [2.75, 3.05) is 6.54 Å². The van der Waals surface area contributed by atoms with E-state index in [-0.39, 0.29) is 5.41 Å². The highest BCUT2D eigenvalue weighted by atomic mass is 32.1. The zero-order valence-corrected chi connectivity index (χ0v) is 21.5. The Morgan fingerprint density at radius 2 is 1.39 bits per heavy atom. The second-order valence-electron chi connectivity index (χ2n) is 9.91. The largest absolute Gasteiger partial charge is 0.320 e. The zero-order chi connectivity index (χ0) is 24.2. The lowest BCUT2D eigenvalue weighted by molar-refractivity contribution is 0.282. The van der Waals surface area contributed by atoms with Crippen molar-refractivity contribution in [1.29, 1.82) is 0 Å². The van der Waals surface area contributed by atoms with Gasteiger partial charge in [-0.3, -0.25) is 4.99 Å². The van der Waals surface area contributed by atoms with E-state index >= 15 is 0 Å². The van der Waals surface area contributed by atoms with Gasteiger partial charge in [-0.25, -0.2) is 0 Å². The van der Waals surface area contributed by atoms with Gasteiger partial charge < -0.3 is 4.57 Å². The minimum Gasteiger partial charge on any atom is -0.320 e. The maximum Gasteiger partial charge on any atom is 0.184 e. The smallest absolute Gasteiger partial charge is 0.184 e. The van der Waals surface area contributed by atoms with Gasteiger partial charge >= 0.3 is 0 Å². The fourth-order valence-electron chi connectivity index (χ4n) is 5.57. The van der Waals surface area contributed by atoms with E-state index in [1.165, 1.54) is 52.4 Å². The van der Waals surface area contributed by atoms with E-state index in [2.05, 4.69) is 113 Å². The third-order valence-electron chi connectivity index (χ3n) is 7.75. The summed E-state index contributed by atoms with van der Waals surface area (Å²) in [5.41, 5.74) is 5.72. The van der Waals surface area contributed by atoms with Crippen molar-refractivity contribution >= 4 is 22.1 Å². The second-order valence-corrected chi connectivity index (χ2v) is 10.7. The van der Waals surface area contributed by atoms with Crippen LogP contribution in [0.4, 0.5) is 0 Å². The van der Waals surface area contributed by atoms with E-state index in [1.54, 1.807) is 0 Å². The molecule has 1 aromatic heterocycles. The number of hydrogen-bond acceptors (Lipinski definition) is 2. The summed E-state index contributed by atoms with van der Waals surface area (Å²) in [6.45, 7) is 1.78. The molecule has 180 valence electrons. The van der Waals surface area contributed by atoms with E-state index in [9.17, 15) is 0 Å². The molecule has 5 aromatic rings. The SMILES string of the molecule is c1ccc(CC/N=c2/scc(C3(c4ccc5ccccc5c4)CCC3)n2CCc2ccccc2)cc1. The average Bonchev–Trinajstić information content (AvgIpc) is 3.30. The van der Waals surface area contributed by atoms with Crippen LogP contribution in [0.1, 0.15) is 41.6 Å². The van der Waals surface area contributed by atoms with Gasteiger partial charge in [0, 0.05) is 29.6 Å². The minimum absolute atomic E-state index is 0.0877. The molecule has 4 aromatic carbocycles. The molecule has 0 bridgehead atoms. The van der Waals surface area contributed by atoms with Crippen LogP contribution in [0.25, 0.3) is 10.8 Å². The highest BCUT2D eigenvalue weighted by Gasteiger charge is 2.43. The Hall–Kier alpha value is -3.43. The topological polar surface area (TPSA) is 17.3 Å². The van der Waals surface area contributed by atoms with Gasteiger partial charge in [-0.2, -0.15) is 0 Å². The summed E-state index contributed by atoms with van der Waals surface area (Å²) in [7, 11) is 0. The third kappa shape index (κ3) is 4.56. The Morgan fingerprint density at radius 3 is 2.08 bits per heavy atom. The summed E-state index contributed by atoms with van der Waals surface area (Å²) in [6.07, 6.45) is 5.68. The van der Waals surface area contributed by atoms with Gasteiger partial charge in [0.15, 0.2) is 4.80 Å². The van der Waals surface area contributed by atoms with Crippen molar-refractivity contribution in [3.05, 3.63) is 136 Å². The lowest BCUT2D eigenvalue weighted by Crippen LogP contribution is -2.39. The summed E-state index contributed by atoms with van der Waals surface area (Å²) >= 11 is 1.82. The van der Waals surface area contributed by atoms with Crippen molar-refractivity contribution in [2.24, 2.45) is 4.99 Å². The van der Waals surface area contributed by atoms with E-state index in [0.29, 0.717) is 0 Å². The molecule has 6 rings (SSSR count). The molecule has 3 heteroatoms. The van der Waals surface area contributed by atoms with Crippen LogP contribution in [0.15, 0.2) is 114 Å². The third-order valence-corrected chi connectivity index (χ3v) is 8.66. The molecule has 0 radical (unpaired) electrons. The summed E-state index contributed by atoms with van der Waals surface area (Å²) in [5, 5.41) is 5.05. The number of rotatable bonds is 8. The van der Waals surface area contributed by atoms with Gasteiger partial charge in [0.05, 0.1) is 0 Å². The summed E-state index contributed by atoms with van der Waals surface area (Å²) in [5.74, 6) is 0. The van der Waals surface area contributed by atoms with Gasteiger partial charge in [-0.1, -0.05) is 110 Å². The van der Waals surface area contributed by atoms with Gasteiger partial charge in [0.25, 0.3) is 0 Å². The minimum atomic E-state index is 0.0877. The number of nitrogens with zero attached hydrogens (tertiary/aromatic N) is 2. The molecule has 0 aliphatic heterocycles. The van der Waals surface area contributed by atoms with E-state index in [0.717, 1.165) is 30.7 Å². The Labute approximate surface area is 217 Å². The predicted octanol–water partition coefficient (Wildman–Crippen LogP) is 7.56. The number of benzene rings is 4. The van der Waals surface area contributed by atoms with E-state index in [4.69, 9.17) is 4.99 Å². The van der Waals surface area contributed by atoms with Crippen LogP contribution < -0.4 is 4.80 Å². The lowest BCUT2D eigenvalue weighted by atomic mass is 9.62. The first-order valence-corrected chi connectivity index (χ1v) is 14.0. The number of thiazole rings is 1. The zero-order valence-electron chi connectivity index (χ0n) is 20.6. The van der Waals surface area contributed by atoms with Crippen LogP contribution in [0.5, 0.6) is 0 Å². The standard InChI is InChI=1S/C33H32N2S/c1-3-10-26(11-4-1)18-22-34-32-35(23-19-27-12-5-2-6-13-27)31(25-36-32)33(20-9-21-33)30-17-16-28-14-7-8-15-29(28)24-30/h1-8,10-17,24-25H,9,18-23H2/b34-32+. The quantitative estimate of drug-likeness (QED) is 0.214. The molecule has 36 heavy (non-hydrogen) atoms. The highest BCUT2D eigenvalue weighted by molar-refractivity contribution is 7.07. The molecule has 1 saturated carbocycles. The molecule has 0 atom stereocenters. The number of aryl methyl sites for hydroxylation is 1. The Bertz CT molecular complexity index is 1510. The molecule has 0 N–H and O–H groups in total. The molecular formula is C33H32N2S. The maximum absolute atomic E-state index is 5.13. The lowest BCUT2D eigenvalue weighted by Gasteiger charge is -2.43. The van der Waals surface area contributed by atoms with Crippen molar-refractivity contribution in [2.45, 2.75) is 44.1 Å². The molecular weight excluding hydrogens is 456 g/mol. The monoisotopic (exact) mass is 488 g/mol. The molecule has 0 spiro atoms. The molecule has 0 unspecified atom stereocenters. The fourth-order valence-corrected chi connectivity index (χ4v) is 6.62. The Balaban J connectivity index is 1.37. The van der Waals surface area contributed by atoms with Crippen LogP contribution in [0.3, 0.4) is 0 Å². The van der Waals surface area contributed by atoms with Crippen LogP contribution >= 0.6 is 11.3 Å². The van der Waals surface area contributed by atoms with Crippen LogP contribution in [-0.2, 0) is 24.8 Å². The number of aromatic nitrogens is 1. The molecule has 2 nitrogen and oxygen atoms in total. The fraction of sp³-hybridized carbons (Fsp3) is 0.242. The number of fused-ring (bicyclic) bond motifs is 1. The van der Waals surface area contributed by atoms with Gasteiger partial charge in [0.2, 0.25) is 0 Å². The molecule has 0 saturated heterocycles. The van der Waals surface area contributed by atoms with E-state index < -0.39 is 0 Å². The normalized spacial score (nSPS) is 15.2. The predicted molar refractivity (Wildman–Crippen MR) is 152 cm³/mol. The second kappa shape index (κ2) is 10.3. The van der Waals surface area contributed by atoms with Gasteiger partial charge in [-0.15, -0.1) is 11.3 Å². The van der Waals surface area contributed by atoms with Crippen LogP contribution in [0.2, 0.25) is 0 Å². The highest BCUT2D eigenvalue weighted by Crippen LogP contribution is 2.49. The Kier molecular flexibility index (Phi) is 6.57. The first-order valence-electron chi connectivity index (χ1n) is 13.1. The van der Waals surface area contributed by atoms with Crippen molar-refractivity contribution in [3.63, 3.8) is 0 Å². The van der Waals surface area contributed by atoms with Crippen LogP contribution in [0, 0.1) is 0 Å². The first kappa shape index (κ1) is 23.0. The average molecular weight is 489 g/mol. The maximum atomic E-state index is 5.13. The van der Waals surface area contributed by atoms with Crippen LogP contribution in [-0.4, -0.2) is 11.1 Å². The van der Waals surface area contributed by atoms with Crippen molar-refractivity contribution in [1.82, 2.24) is 4.57 Å². The molecule has 1 aliphatic carbocycles. The molecule has 1 aliphatic rings. The van der Waals surface area contributed by atoms with E-state index in [1.807, 2.05) is 11.3 Å². The van der Waals surface area contributed by atoms with Crippen molar-refractivity contribution in [3.8, 4) is 0 Å². The van der Waals surface area contributed by atoms with Crippen molar-refractivity contribution < 1.29 is 0 Å². The summed E-state index contributed by atoms with van der Waals surface area (Å²) in [6, 6.07) is 37.4. The van der Waals surface area contributed by atoms with Gasteiger partial charge in [0.1, 0.15) is 0 Å². The summed E-state index contributed by atoms with van der Waals surface area (Å²) < 4.78 is 2.54.